The van der Waals surface area contributed by atoms with E-state index in [2.05, 4.69) is 0 Å². The van der Waals surface area contributed by atoms with Crippen molar-refractivity contribution in [1.29, 1.82) is 0 Å². The molecule has 0 aliphatic heterocycles. The number of carbonyl (C=O) groups is 2. The van der Waals surface area contributed by atoms with Gasteiger partial charge >= 0.3 is 5.97 Å². The molecule has 2 aliphatic rings. The molecule has 1 N–H and O–H groups in total. The van der Waals surface area contributed by atoms with Gasteiger partial charge in [-0.05, 0) is 23.8 Å². The standard InChI is InChI=1S/C17H19NO3/c1-18(10-11-5-3-2-4-6-11)16(19)14-12-7-8-13(9-12)15(14)17(20)21/h2-8,12-15H,9-10H2,1H3,(H,20,21)/t12-,13-,14-,15-/m0/s1. The highest BCUT2D eigenvalue weighted by Gasteiger charge is 2.52. The molecule has 0 heterocycles. The van der Waals surface area contributed by atoms with Gasteiger partial charge < -0.3 is 10.0 Å². The van der Waals surface area contributed by atoms with Crippen molar-refractivity contribution in [2.45, 2.75) is 13.0 Å². The van der Waals surface area contributed by atoms with Gasteiger partial charge in [-0.3, -0.25) is 9.59 Å². The van der Waals surface area contributed by atoms with E-state index in [1.54, 1.807) is 11.9 Å². The molecule has 0 unspecified atom stereocenters. The van der Waals surface area contributed by atoms with Crippen molar-refractivity contribution in [3.8, 4) is 0 Å². The molecule has 2 aliphatic carbocycles. The fraction of sp³-hybridized carbons (Fsp3) is 0.412. The monoisotopic (exact) mass is 285 g/mol. The SMILES string of the molecule is CN(Cc1ccccc1)C(=O)[C@@H]1[C@@H](C(=O)O)[C@H]2C=C[C@H]1C2. The van der Waals surface area contributed by atoms with Crippen molar-refractivity contribution in [3.63, 3.8) is 0 Å². The summed E-state index contributed by atoms with van der Waals surface area (Å²) in [6.07, 6.45) is 4.78. The predicted octanol–water partition coefficient (Wildman–Crippen LogP) is 2.17. The lowest BCUT2D eigenvalue weighted by molar-refractivity contribution is -0.150. The van der Waals surface area contributed by atoms with Gasteiger partial charge in [0.1, 0.15) is 0 Å². The van der Waals surface area contributed by atoms with Gasteiger partial charge in [0.2, 0.25) is 5.91 Å². The van der Waals surface area contributed by atoms with E-state index in [0.717, 1.165) is 12.0 Å². The Morgan fingerprint density at radius 3 is 2.38 bits per heavy atom. The van der Waals surface area contributed by atoms with Crippen molar-refractivity contribution in [2.24, 2.45) is 23.7 Å². The first-order valence-electron chi connectivity index (χ1n) is 7.28. The summed E-state index contributed by atoms with van der Waals surface area (Å²) in [4.78, 5) is 25.8. The van der Waals surface area contributed by atoms with Gasteiger partial charge in [0.25, 0.3) is 0 Å². The summed E-state index contributed by atoms with van der Waals surface area (Å²) in [6.45, 7) is 0.517. The Morgan fingerprint density at radius 1 is 1.14 bits per heavy atom. The van der Waals surface area contributed by atoms with E-state index in [4.69, 9.17) is 0 Å². The van der Waals surface area contributed by atoms with Gasteiger partial charge in [0.15, 0.2) is 0 Å². The maximum absolute atomic E-state index is 12.7. The second kappa shape index (κ2) is 5.35. The highest BCUT2D eigenvalue weighted by molar-refractivity contribution is 5.86. The zero-order chi connectivity index (χ0) is 15.0. The summed E-state index contributed by atoms with van der Waals surface area (Å²) >= 11 is 0. The Morgan fingerprint density at radius 2 is 1.76 bits per heavy atom. The molecule has 0 spiro atoms. The smallest absolute Gasteiger partial charge is 0.307 e. The molecule has 0 aromatic heterocycles. The number of carbonyl (C=O) groups excluding carboxylic acids is 1. The van der Waals surface area contributed by atoms with Crippen LogP contribution < -0.4 is 0 Å². The fourth-order valence-electron chi connectivity index (χ4n) is 3.69. The molecule has 4 atom stereocenters. The quantitative estimate of drug-likeness (QED) is 0.863. The first-order valence-corrected chi connectivity index (χ1v) is 7.28. The van der Waals surface area contributed by atoms with Crippen LogP contribution in [0.25, 0.3) is 0 Å². The molecule has 0 radical (unpaired) electrons. The van der Waals surface area contributed by atoms with Gasteiger partial charge in [0, 0.05) is 13.6 Å². The molecule has 1 saturated carbocycles. The second-order valence-electron chi connectivity index (χ2n) is 6.02. The van der Waals surface area contributed by atoms with E-state index < -0.39 is 17.8 Å². The molecule has 1 fully saturated rings. The Labute approximate surface area is 124 Å². The van der Waals surface area contributed by atoms with Crippen LogP contribution in [-0.2, 0) is 16.1 Å². The fourth-order valence-corrected chi connectivity index (χ4v) is 3.69. The number of nitrogens with zero attached hydrogens (tertiary/aromatic N) is 1. The predicted molar refractivity (Wildman–Crippen MR) is 78.3 cm³/mol. The minimum Gasteiger partial charge on any atom is -0.481 e. The van der Waals surface area contributed by atoms with Gasteiger partial charge in [0.05, 0.1) is 11.8 Å². The number of carboxylic acids is 1. The summed E-state index contributed by atoms with van der Waals surface area (Å²) in [5.41, 5.74) is 1.05. The highest BCUT2D eigenvalue weighted by atomic mass is 16.4. The molecule has 3 rings (SSSR count). The van der Waals surface area contributed by atoms with E-state index in [9.17, 15) is 14.7 Å². The number of rotatable bonds is 4. The second-order valence-corrected chi connectivity index (χ2v) is 6.02. The van der Waals surface area contributed by atoms with Gasteiger partial charge in [-0.1, -0.05) is 42.5 Å². The Kier molecular flexibility index (Phi) is 3.53. The average molecular weight is 285 g/mol. The van der Waals surface area contributed by atoms with Crippen LogP contribution in [0.2, 0.25) is 0 Å². The molecule has 21 heavy (non-hydrogen) atoms. The van der Waals surface area contributed by atoms with Crippen LogP contribution in [0.5, 0.6) is 0 Å². The number of amides is 1. The maximum Gasteiger partial charge on any atom is 0.307 e. The third-order valence-electron chi connectivity index (χ3n) is 4.67. The van der Waals surface area contributed by atoms with Crippen LogP contribution >= 0.6 is 0 Å². The van der Waals surface area contributed by atoms with Crippen LogP contribution in [0.4, 0.5) is 0 Å². The maximum atomic E-state index is 12.7. The molecule has 1 aromatic rings. The Hall–Kier alpha value is -2.10. The topological polar surface area (TPSA) is 57.6 Å². The van der Waals surface area contributed by atoms with E-state index in [1.165, 1.54) is 0 Å². The van der Waals surface area contributed by atoms with E-state index in [1.807, 2.05) is 42.5 Å². The summed E-state index contributed by atoms with van der Waals surface area (Å²) in [5, 5.41) is 9.42. The highest BCUT2D eigenvalue weighted by Crippen LogP contribution is 2.48. The summed E-state index contributed by atoms with van der Waals surface area (Å²) in [7, 11) is 1.75. The summed E-state index contributed by atoms with van der Waals surface area (Å²) < 4.78 is 0. The zero-order valence-corrected chi connectivity index (χ0v) is 12.0. The van der Waals surface area contributed by atoms with Crippen molar-refractivity contribution in [2.75, 3.05) is 7.05 Å². The lowest BCUT2D eigenvalue weighted by Crippen LogP contribution is -2.40. The number of hydrogen-bond acceptors (Lipinski definition) is 2. The van der Waals surface area contributed by atoms with Crippen molar-refractivity contribution in [1.82, 2.24) is 4.90 Å². The molecule has 1 aromatic carbocycles. The van der Waals surface area contributed by atoms with Gasteiger partial charge in [-0.2, -0.15) is 0 Å². The van der Waals surface area contributed by atoms with Crippen LogP contribution in [0.15, 0.2) is 42.5 Å². The summed E-state index contributed by atoms with van der Waals surface area (Å²) in [5.74, 6) is -1.77. The number of aliphatic carboxylic acids is 1. The largest absolute Gasteiger partial charge is 0.481 e. The molecular formula is C17H19NO3. The Balaban J connectivity index is 1.75. The van der Waals surface area contributed by atoms with Crippen LogP contribution in [0, 0.1) is 23.7 Å². The molecule has 0 saturated heterocycles. The van der Waals surface area contributed by atoms with Crippen LogP contribution in [0.1, 0.15) is 12.0 Å². The number of carboxylic acid groups (broad SMARTS) is 1. The Bertz CT molecular complexity index is 581. The van der Waals surface area contributed by atoms with Crippen molar-refractivity contribution < 1.29 is 14.7 Å². The molecule has 4 nitrogen and oxygen atoms in total. The number of hydrogen-bond donors (Lipinski definition) is 1. The minimum atomic E-state index is -0.849. The van der Waals surface area contributed by atoms with E-state index in [-0.39, 0.29) is 17.7 Å². The van der Waals surface area contributed by atoms with Gasteiger partial charge in [-0.15, -0.1) is 0 Å². The van der Waals surface area contributed by atoms with Gasteiger partial charge in [-0.25, -0.2) is 0 Å². The molecule has 4 heteroatoms. The van der Waals surface area contributed by atoms with E-state index in [0.29, 0.717) is 6.54 Å². The normalized spacial score (nSPS) is 29.6. The molecule has 1 amide bonds. The molecule has 110 valence electrons. The lowest BCUT2D eigenvalue weighted by atomic mass is 9.82. The third-order valence-corrected chi connectivity index (χ3v) is 4.67. The third kappa shape index (κ3) is 2.46. The van der Waals surface area contributed by atoms with E-state index >= 15 is 0 Å². The molecule has 2 bridgehead atoms. The van der Waals surface area contributed by atoms with Crippen molar-refractivity contribution >= 4 is 11.9 Å². The van der Waals surface area contributed by atoms with Crippen LogP contribution in [0.3, 0.4) is 0 Å². The minimum absolute atomic E-state index is 0.0200. The first-order chi connectivity index (χ1) is 10.1. The average Bonchev–Trinajstić information content (AvgIpc) is 3.08. The zero-order valence-electron chi connectivity index (χ0n) is 12.0. The number of fused-ring (bicyclic) bond motifs is 2. The first kappa shape index (κ1) is 13.9. The molecular weight excluding hydrogens is 266 g/mol. The lowest BCUT2D eigenvalue weighted by Gasteiger charge is -2.28. The van der Waals surface area contributed by atoms with Crippen LogP contribution in [-0.4, -0.2) is 28.9 Å². The summed E-state index contributed by atoms with van der Waals surface area (Å²) in [6, 6.07) is 9.76. The number of benzene rings is 1. The van der Waals surface area contributed by atoms with Crippen molar-refractivity contribution in [3.05, 3.63) is 48.0 Å². The number of allylic oxidation sites excluding steroid dienone is 2.